The summed E-state index contributed by atoms with van der Waals surface area (Å²) in [6.07, 6.45) is 0. The van der Waals surface area contributed by atoms with E-state index in [1.165, 1.54) is 0 Å². The lowest BCUT2D eigenvalue weighted by Gasteiger charge is -2.08. The quantitative estimate of drug-likeness (QED) is 0.334. The molecule has 0 radical (unpaired) electrons. The molecule has 0 aliphatic heterocycles. The van der Waals surface area contributed by atoms with Crippen LogP contribution in [0, 0.1) is 16.7 Å². The molecule has 1 aromatic carbocycles. The van der Waals surface area contributed by atoms with E-state index in [0.29, 0.717) is 10.7 Å². The summed E-state index contributed by atoms with van der Waals surface area (Å²) in [5.41, 5.74) is 8.43. The van der Waals surface area contributed by atoms with Gasteiger partial charge in [-0.1, -0.05) is 18.5 Å². The van der Waals surface area contributed by atoms with E-state index in [2.05, 4.69) is 10.5 Å². The Morgan fingerprint density at radius 1 is 1.67 bits per heavy atom. The molecular weight excluding hydrogens is 270 g/mol. The van der Waals surface area contributed by atoms with Crippen molar-refractivity contribution in [1.82, 2.24) is 0 Å². The standard InChI is InChI=1S/C11H12ClN5S/c1-2-18-10-4-3-7(12)5-8(10)16-17-9(6-13)11(14)15/h3-5,16H,2H2,1H3,(H3,14,15)/b17-9+. The van der Waals surface area contributed by atoms with Gasteiger partial charge in [-0.3, -0.25) is 10.8 Å². The second-order valence-electron chi connectivity index (χ2n) is 3.17. The van der Waals surface area contributed by atoms with Gasteiger partial charge in [0.1, 0.15) is 6.07 Å². The van der Waals surface area contributed by atoms with Gasteiger partial charge in [0.2, 0.25) is 5.71 Å². The van der Waals surface area contributed by atoms with Gasteiger partial charge in [-0.25, -0.2) is 0 Å². The molecule has 1 rings (SSSR count). The van der Waals surface area contributed by atoms with E-state index in [0.717, 1.165) is 10.6 Å². The lowest BCUT2D eigenvalue weighted by atomic mass is 10.3. The number of thioether (sulfide) groups is 1. The monoisotopic (exact) mass is 281 g/mol. The highest BCUT2D eigenvalue weighted by molar-refractivity contribution is 7.99. The normalized spacial score (nSPS) is 10.8. The van der Waals surface area contributed by atoms with Crippen molar-refractivity contribution in [2.75, 3.05) is 11.2 Å². The Balaban J connectivity index is 2.99. The summed E-state index contributed by atoms with van der Waals surface area (Å²) in [5, 5.41) is 20.2. The molecule has 0 bridgehead atoms. The molecule has 0 spiro atoms. The fraction of sp³-hybridized carbons (Fsp3) is 0.182. The predicted molar refractivity (Wildman–Crippen MR) is 76.4 cm³/mol. The first-order valence-corrected chi connectivity index (χ1v) is 6.45. The fourth-order valence-corrected chi connectivity index (χ4v) is 2.04. The summed E-state index contributed by atoms with van der Waals surface area (Å²) in [4.78, 5) is 0.964. The molecule has 0 aromatic heterocycles. The van der Waals surface area contributed by atoms with E-state index in [4.69, 9.17) is 28.0 Å². The van der Waals surface area contributed by atoms with Gasteiger partial charge < -0.3 is 5.73 Å². The zero-order chi connectivity index (χ0) is 13.5. The molecule has 0 fully saturated rings. The van der Waals surface area contributed by atoms with Gasteiger partial charge in [0, 0.05) is 9.92 Å². The van der Waals surface area contributed by atoms with Crippen LogP contribution in [0.25, 0.3) is 0 Å². The molecule has 0 heterocycles. The smallest absolute Gasteiger partial charge is 0.201 e. The van der Waals surface area contributed by atoms with E-state index >= 15 is 0 Å². The molecule has 0 saturated carbocycles. The minimum Gasteiger partial charge on any atom is -0.382 e. The van der Waals surface area contributed by atoms with Crippen molar-refractivity contribution in [1.29, 1.82) is 10.7 Å². The number of nitrogens with two attached hydrogens (primary N) is 1. The first kappa shape index (κ1) is 14.4. The van der Waals surface area contributed by atoms with E-state index in [1.807, 2.05) is 13.0 Å². The summed E-state index contributed by atoms with van der Waals surface area (Å²) in [6, 6.07) is 7.09. The molecule has 0 unspecified atom stereocenters. The van der Waals surface area contributed by atoms with Crippen molar-refractivity contribution in [3.8, 4) is 6.07 Å². The highest BCUT2D eigenvalue weighted by atomic mass is 35.5. The Morgan fingerprint density at radius 3 is 2.94 bits per heavy atom. The van der Waals surface area contributed by atoms with Crippen LogP contribution in [0.15, 0.2) is 28.2 Å². The summed E-state index contributed by atoms with van der Waals surface area (Å²) in [5.74, 6) is 0.523. The SMILES string of the molecule is CCSc1ccc(Cl)cc1N/N=C(\C#N)C(=N)N. The van der Waals surface area contributed by atoms with Crippen LogP contribution in [0.5, 0.6) is 0 Å². The number of nitriles is 1. The van der Waals surface area contributed by atoms with Crippen LogP contribution in [-0.2, 0) is 0 Å². The molecule has 0 amide bonds. The van der Waals surface area contributed by atoms with Gasteiger partial charge in [0.15, 0.2) is 5.84 Å². The van der Waals surface area contributed by atoms with Crippen LogP contribution in [-0.4, -0.2) is 17.3 Å². The number of halogens is 1. The lowest BCUT2D eigenvalue weighted by molar-refractivity contribution is 1.28. The Morgan fingerprint density at radius 2 is 2.39 bits per heavy atom. The Hall–Kier alpha value is -1.71. The lowest BCUT2D eigenvalue weighted by Crippen LogP contribution is -2.21. The summed E-state index contributed by atoms with van der Waals surface area (Å²) >= 11 is 7.52. The van der Waals surface area contributed by atoms with E-state index in [1.54, 1.807) is 30.0 Å². The molecule has 94 valence electrons. The van der Waals surface area contributed by atoms with Gasteiger partial charge in [-0.05, 0) is 24.0 Å². The molecule has 18 heavy (non-hydrogen) atoms. The van der Waals surface area contributed by atoms with Crippen LogP contribution >= 0.6 is 23.4 Å². The Kier molecular flexibility index (Phi) is 5.49. The van der Waals surface area contributed by atoms with Crippen LogP contribution in [0.2, 0.25) is 5.02 Å². The third-order valence-electron chi connectivity index (χ3n) is 1.89. The maximum absolute atomic E-state index is 8.73. The molecule has 0 aliphatic rings. The number of hydrogen-bond donors (Lipinski definition) is 3. The highest BCUT2D eigenvalue weighted by Gasteiger charge is 2.05. The van der Waals surface area contributed by atoms with Crippen LogP contribution < -0.4 is 11.2 Å². The largest absolute Gasteiger partial charge is 0.382 e. The van der Waals surface area contributed by atoms with E-state index in [-0.39, 0.29) is 11.5 Å². The molecule has 5 nitrogen and oxygen atoms in total. The molecule has 0 atom stereocenters. The number of benzene rings is 1. The second kappa shape index (κ2) is 6.89. The fourth-order valence-electron chi connectivity index (χ4n) is 1.13. The zero-order valence-corrected chi connectivity index (χ0v) is 11.3. The minimum atomic E-state index is -0.378. The number of anilines is 1. The summed E-state index contributed by atoms with van der Waals surface area (Å²) < 4.78 is 0. The number of hydrogen-bond acceptors (Lipinski definition) is 5. The first-order valence-electron chi connectivity index (χ1n) is 5.09. The van der Waals surface area contributed by atoms with Gasteiger partial charge in [0.25, 0.3) is 0 Å². The van der Waals surface area contributed by atoms with E-state index in [9.17, 15) is 0 Å². The maximum Gasteiger partial charge on any atom is 0.201 e. The van der Waals surface area contributed by atoms with Gasteiger partial charge >= 0.3 is 0 Å². The first-order chi connectivity index (χ1) is 8.58. The average Bonchev–Trinajstić information content (AvgIpc) is 2.33. The average molecular weight is 282 g/mol. The molecule has 7 heteroatoms. The number of rotatable bonds is 5. The van der Waals surface area contributed by atoms with Crippen molar-refractivity contribution >= 4 is 40.6 Å². The number of amidine groups is 1. The Bertz CT molecular complexity index is 521. The summed E-state index contributed by atoms with van der Waals surface area (Å²) in [6.45, 7) is 2.03. The highest BCUT2D eigenvalue weighted by Crippen LogP contribution is 2.29. The summed E-state index contributed by atoms with van der Waals surface area (Å²) in [7, 11) is 0. The van der Waals surface area contributed by atoms with Crippen molar-refractivity contribution in [2.24, 2.45) is 10.8 Å². The second-order valence-corrected chi connectivity index (χ2v) is 4.91. The number of nitrogens with one attached hydrogen (secondary N) is 2. The molecular formula is C11H12ClN5S. The van der Waals surface area contributed by atoms with E-state index < -0.39 is 0 Å². The third kappa shape index (κ3) is 3.95. The Labute approximate surface area is 115 Å². The predicted octanol–water partition coefficient (Wildman–Crippen LogP) is 2.68. The van der Waals surface area contributed by atoms with Gasteiger partial charge in [-0.2, -0.15) is 10.4 Å². The topological polar surface area (TPSA) is 98.0 Å². The van der Waals surface area contributed by atoms with Crippen LogP contribution in [0.1, 0.15) is 6.92 Å². The van der Waals surface area contributed by atoms with Crippen molar-refractivity contribution in [3.05, 3.63) is 23.2 Å². The maximum atomic E-state index is 8.73. The van der Waals surface area contributed by atoms with Gasteiger partial charge in [-0.15, -0.1) is 11.8 Å². The molecule has 1 aromatic rings. The van der Waals surface area contributed by atoms with Crippen LogP contribution in [0.4, 0.5) is 5.69 Å². The molecule has 0 aliphatic carbocycles. The van der Waals surface area contributed by atoms with Crippen LogP contribution in [0.3, 0.4) is 0 Å². The molecule has 0 saturated heterocycles. The zero-order valence-electron chi connectivity index (χ0n) is 9.70. The third-order valence-corrected chi connectivity index (χ3v) is 3.08. The minimum absolute atomic E-state index is 0.164. The van der Waals surface area contributed by atoms with Crippen molar-refractivity contribution in [3.63, 3.8) is 0 Å². The van der Waals surface area contributed by atoms with Gasteiger partial charge in [0.05, 0.1) is 5.69 Å². The number of hydrazone groups is 1. The van der Waals surface area contributed by atoms with Crippen molar-refractivity contribution in [2.45, 2.75) is 11.8 Å². The number of nitrogens with zero attached hydrogens (tertiary/aromatic N) is 2. The van der Waals surface area contributed by atoms with Crippen molar-refractivity contribution < 1.29 is 0 Å². The molecule has 4 N–H and O–H groups in total.